The van der Waals surface area contributed by atoms with Gasteiger partial charge in [0.05, 0.1) is 11.8 Å². The van der Waals surface area contributed by atoms with Crippen molar-refractivity contribution in [1.29, 1.82) is 0 Å². The van der Waals surface area contributed by atoms with Crippen LogP contribution < -0.4 is 0 Å². The summed E-state index contributed by atoms with van der Waals surface area (Å²) in [5, 5.41) is 8.97. The summed E-state index contributed by atoms with van der Waals surface area (Å²) in [5.41, 5.74) is -0.289. The van der Waals surface area contributed by atoms with E-state index in [0.717, 1.165) is 24.0 Å². The summed E-state index contributed by atoms with van der Waals surface area (Å²) in [7, 11) is 0. The summed E-state index contributed by atoms with van der Waals surface area (Å²) in [6.45, 7) is 0. The van der Waals surface area contributed by atoms with E-state index in [-0.39, 0.29) is 15.5 Å². The Labute approximate surface area is 105 Å². The average molecular weight is 267 g/mol. The van der Waals surface area contributed by atoms with Crippen molar-refractivity contribution in [2.75, 3.05) is 0 Å². The SMILES string of the molecule is O=C(O)c1cc(F)cnc1Sc1ccccc1F. The van der Waals surface area contributed by atoms with Gasteiger partial charge in [-0.05, 0) is 18.2 Å². The first kappa shape index (κ1) is 12.5. The molecule has 1 aromatic heterocycles. The van der Waals surface area contributed by atoms with Gasteiger partial charge in [0.2, 0.25) is 0 Å². The van der Waals surface area contributed by atoms with Gasteiger partial charge < -0.3 is 5.11 Å². The first-order valence-electron chi connectivity index (χ1n) is 4.89. The molecular formula is C12H7F2NO2S. The van der Waals surface area contributed by atoms with Gasteiger partial charge in [-0.2, -0.15) is 0 Å². The molecule has 0 bridgehead atoms. The second-order valence-corrected chi connectivity index (χ2v) is 4.37. The third-order valence-electron chi connectivity index (χ3n) is 2.09. The van der Waals surface area contributed by atoms with E-state index in [0.29, 0.717) is 0 Å². The van der Waals surface area contributed by atoms with E-state index in [4.69, 9.17) is 5.11 Å². The van der Waals surface area contributed by atoms with Gasteiger partial charge >= 0.3 is 5.97 Å². The van der Waals surface area contributed by atoms with E-state index in [1.807, 2.05) is 0 Å². The van der Waals surface area contributed by atoms with Crippen LogP contribution in [0.2, 0.25) is 0 Å². The van der Waals surface area contributed by atoms with Crippen molar-refractivity contribution < 1.29 is 18.7 Å². The van der Waals surface area contributed by atoms with Gasteiger partial charge in [0.15, 0.2) is 0 Å². The van der Waals surface area contributed by atoms with Crippen LogP contribution in [-0.4, -0.2) is 16.1 Å². The van der Waals surface area contributed by atoms with Crippen molar-refractivity contribution in [2.45, 2.75) is 9.92 Å². The van der Waals surface area contributed by atoms with Crippen molar-refractivity contribution in [3.05, 3.63) is 53.7 Å². The molecular weight excluding hydrogens is 260 g/mol. The molecule has 0 aliphatic rings. The molecule has 0 atom stereocenters. The molecule has 1 aromatic carbocycles. The summed E-state index contributed by atoms with van der Waals surface area (Å²) in [5.74, 6) is -2.53. The number of rotatable bonds is 3. The monoisotopic (exact) mass is 267 g/mol. The van der Waals surface area contributed by atoms with Gasteiger partial charge in [-0.25, -0.2) is 18.6 Å². The second-order valence-electron chi connectivity index (χ2n) is 3.34. The lowest BCUT2D eigenvalue weighted by atomic mass is 10.3. The first-order valence-corrected chi connectivity index (χ1v) is 5.71. The number of nitrogens with zero attached hydrogens (tertiary/aromatic N) is 1. The number of carboxylic acid groups (broad SMARTS) is 1. The highest BCUT2D eigenvalue weighted by Crippen LogP contribution is 2.30. The molecule has 0 amide bonds. The number of benzene rings is 1. The van der Waals surface area contributed by atoms with Gasteiger partial charge in [-0.3, -0.25) is 0 Å². The van der Waals surface area contributed by atoms with Crippen molar-refractivity contribution in [3.8, 4) is 0 Å². The predicted molar refractivity (Wildman–Crippen MR) is 61.7 cm³/mol. The number of aromatic nitrogens is 1. The maximum Gasteiger partial charge on any atom is 0.338 e. The molecule has 1 heterocycles. The van der Waals surface area contributed by atoms with E-state index >= 15 is 0 Å². The zero-order valence-electron chi connectivity index (χ0n) is 8.93. The van der Waals surface area contributed by atoms with Crippen LogP contribution in [0.1, 0.15) is 10.4 Å². The minimum atomic E-state index is -1.30. The Kier molecular flexibility index (Phi) is 3.57. The van der Waals surface area contributed by atoms with Crippen LogP contribution in [0.3, 0.4) is 0 Å². The Bertz CT molecular complexity index is 604. The molecule has 0 aliphatic heterocycles. The standard InChI is InChI=1S/C12H7F2NO2S/c13-7-5-8(12(16)17)11(15-6-7)18-10-4-2-1-3-9(10)14/h1-6H,(H,16,17). The third kappa shape index (κ3) is 2.65. The van der Waals surface area contributed by atoms with Crippen LogP contribution in [0.5, 0.6) is 0 Å². The van der Waals surface area contributed by atoms with Gasteiger partial charge in [0.25, 0.3) is 0 Å². The lowest BCUT2D eigenvalue weighted by Crippen LogP contribution is -2.02. The summed E-state index contributed by atoms with van der Waals surface area (Å²) in [6, 6.07) is 6.76. The highest BCUT2D eigenvalue weighted by Gasteiger charge is 2.15. The molecule has 0 aliphatic carbocycles. The van der Waals surface area contributed by atoms with E-state index in [1.165, 1.54) is 18.2 Å². The van der Waals surface area contributed by atoms with Gasteiger partial charge in [0, 0.05) is 4.90 Å². The highest BCUT2D eigenvalue weighted by molar-refractivity contribution is 7.99. The molecule has 0 spiro atoms. The summed E-state index contributed by atoms with van der Waals surface area (Å²) < 4.78 is 26.3. The molecule has 92 valence electrons. The molecule has 0 unspecified atom stereocenters. The molecule has 2 rings (SSSR count). The molecule has 1 N–H and O–H groups in total. The Morgan fingerprint density at radius 1 is 1.28 bits per heavy atom. The molecule has 6 heteroatoms. The molecule has 0 saturated carbocycles. The zero-order chi connectivity index (χ0) is 13.1. The molecule has 2 aromatic rings. The first-order chi connectivity index (χ1) is 8.58. The van der Waals surface area contributed by atoms with Crippen molar-refractivity contribution in [1.82, 2.24) is 4.98 Å². The van der Waals surface area contributed by atoms with E-state index in [2.05, 4.69) is 4.98 Å². The summed E-state index contributed by atoms with van der Waals surface area (Å²) >= 11 is 0.844. The second kappa shape index (κ2) is 5.14. The van der Waals surface area contributed by atoms with Crippen molar-refractivity contribution in [3.63, 3.8) is 0 Å². The van der Waals surface area contributed by atoms with Crippen LogP contribution >= 0.6 is 11.8 Å². The molecule has 0 saturated heterocycles. The topological polar surface area (TPSA) is 50.2 Å². The van der Waals surface area contributed by atoms with Crippen molar-refractivity contribution >= 4 is 17.7 Å². The van der Waals surface area contributed by atoms with Crippen molar-refractivity contribution in [2.24, 2.45) is 0 Å². The molecule has 3 nitrogen and oxygen atoms in total. The minimum absolute atomic E-state index is 0.0500. The van der Waals surface area contributed by atoms with E-state index < -0.39 is 17.6 Å². The average Bonchev–Trinajstić information content (AvgIpc) is 2.34. The Morgan fingerprint density at radius 3 is 2.67 bits per heavy atom. The quantitative estimate of drug-likeness (QED) is 0.927. The van der Waals surface area contributed by atoms with Crippen LogP contribution in [0.4, 0.5) is 8.78 Å². The number of hydrogen-bond donors (Lipinski definition) is 1. The van der Waals surface area contributed by atoms with Gasteiger partial charge in [0.1, 0.15) is 16.7 Å². The number of pyridine rings is 1. The van der Waals surface area contributed by atoms with Crippen LogP contribution in [-0.2, 0) is 0 Å². The molecule has 18 heavy (non-hydrogen) atoms. The largest absolute Gasteiger partial charge is 0.478 e. The van der Waals surface area contributed by atoms with Crippen LogP contribution in [0.15, 0.2) is 46.5 Å². The third-order valence-corrected chi connectivity index (χ3v) is 3.16. The Morgan fingerprint density at radius 2 is 2.00 bits per heavy atom. The maximum atomic E-state index is 13.4. The summed E-state index contributed by atoms with van der Waals surface area (Å²) in [4.78, 5) is 14.8. The van der Waals surface area contributed by atoms with Gasteiger partial charge in [-0.1, -0.05) is 23.9 Å². The minimum Gasteiger partial charge on any atom is -0.478 e. The summed E-state index contributed by atoms with van der Waals surface area (Å²) in [6.07, 6.45) is 0.898. The van der Waals surface area contributed by atoms with E-state index in [1.54, 1.807) is 6.07 Å². The predicted octanol–water partition coefficient (Wildman–Crippen LogP) is 3.21. The fourth-order valence-corrected chi connectivity index (χ4v) is 2.17. The number of hydrogen-bond acceptors (Lipinski definition) is 3. The van der Waals surface area contributed by atoms with Crippen LogP contribution in [0.25, 0.3) is 0 Å². The lowest BCUT2D eigenvalue weighted by molar-refractivity contribution is 0.0691. The maximum absolute atomic E-state index is 13.4. The Balaban J connectivity index is 2.41. The normalized spacial score (nSPS) is 10.3. The fraction of sp³-hybridized carbons (Fsp3) is 0. The number of carboxylic acids is 1. The number of aromatic carboxylic acids is 1. The zero-order valence-corrected chi connectivity index (χ0v) is 9.75. The van der Waals surface area contributed by atoms with Gasteiger partial charge in [-0.15, -0.1) is 0 Å². The Hall–Kier alpha value is -1.95. The molecule has 0 fully saturated rings. The van der Waals surface area contributed by atoms with Crippen LogP contribution in [0, 0.1) is 11.6 Å². The highest BCUT2D eigenvalue weighted by atomic mass is 32.2. The lowest BCUT2D eigenvalue weighted by Gasteiger charge is -2.05. The fourth-order valence-electron chi connectivity index (χ4n) is 1.29. The molecule has 0 radical (unpaired) electrons. The number of halogens is 2. The smallest absolute Gasteiger partial charge is 0.338 e. The van der Waals surface area contributed by atoms with E-state index in [9.17, 15) is 13.6 Å². The number of carbonyl (C=O) groups is 1.